The topological polar surface area (TPSA) is 51.2 Å². The number of ketones is 1. The summed E-state index contributed by atoms with van der Waals surface area (Å²) >= 11 is 0. The Kier molecular flexibility index (Phi) is 10.9. The monoisotopic (exact) mass is 374 g/mol. The van der Waals surface area contributed by atoms with Crippen LogP contribution in [0.25, 0.3) is 0 Å². The molecule has 27 heavy (non-hydrogen) atoms. The van der Waals surface area contributed by atoms with E-state index < -0.39 is 5.83 Å². The van der Waals surface area contributed by atoms with Crippen molar-refractivity contribution < 1.29 is 13.9 Å². The van der Waals surface area contributed by atoms with E-state index in [2.05, 4.69) is 30.7 Å². The Balaban J connectivity index is 2.52. The number of carbonyl (C=O) groups is 1. The smallest absolute Gasteiger partial charge is 0.178 e. The fourth-order valence-electron chi connectivity index (χ4n) is 2.54. The van der Waals surface area contributed by atoms with Gasteiger partial charge in [0.15, 0.2) is 17.4 Å². The van der Waals surface area contributed by atoms with Crippen LogP contribution in [-0.4, -0.2) is 23.9 Å². The normalized spacial score (nSPS) is 12.3. The maximum Gasteiger partial charge on any atom is 0.178 e. The number of halogens is 1. The van der Waals surface area contributed by atoms with E-state index >= 15 is 0 Å². The first-order chi connectivity index (χ1) is 13.0. The lowest BCUT2D eigenvalue weighted by Gasteiger charge is -2.12. The Hall–Kier alpha value is -2.27. The van der Waals surface area contributed by atoms with E-state index in [-0.39, 0.29) is 11.5 Å². The molecule has 5 heteroatoms. The standard InChI is InChI=1S/C22H31FN2O2/c1-5-18(6-2)13-15-24-14-9-8-10-22(20(23)7-3)27-19-11-12-21(17(4)26)25-16-19/h7-8,10-12,16,18,24H,3,5-6,9,13-15H2,1-2,4H3/b10-8-,22-20-. The Morgan fingerprint density at radius 2 is 2.07 bits per heavy atom. The zero-order valence-electron chi connectivity index (χ0n) is 16.6. The van der Waals surface area contributed by atoms with Gasteiger partial charge < -0.3 is 10.1 Å². The van der Waals surface area contributed by atoms with Crippen molar-refractivity contribution in [3.63, 3.8) is 0 Å². The van der Waals surface area contributed by atoms with Crippen molar-refractivity contribution >= 4 is 5.78 Å². The van der Waals surface area contributed by atoms with Crippen LogP contribution < -0.4 is 10.1 Å². The number of nitrogens with one attached hydrogen (secondary N) is 1. The number of hydrogen-bond donors (Lipinski definition) is 1. The molecule has 0 fully saturated rings. The van der Waals surface area contributed by atoms with Gasteiger partial charge in [-0.25, -0.2) is 9.37 Å². The summed E-state index contributed by atoms with van der Waals surface area (Å²) in [5.74, 6) is 0.523. The molecule has 1 heterocycles. The van der Waals surface area contributed by atoms with E-state index in [0.29, 0.717) is 11.4 Å². The molecule has 0 aliphatic carbocycles. The van der Waals surface area contributed by atoms with Gasteiger partial charge in [0, 0.05) is 6.92 Å². The summed E-state index contributed by atoms with van der Waals surface area (Å²) in [6.07, 6.45) is 10.3. The van der Waals surface area contributed by atoms with Gasteiger partial charge in [0.2, 0.25) is 0 Å². The van der Waals surface area contributed by atoms with E-state index in [0.717, 1.165) is 31.5 Å². The lowest BCUT2D eigenvalue weighted by molar-refractivity contribution is 0.101. The number of rotatable bonds is 13. The van der Waals surface area contributed by atoms with Crippen molar-refractivity contribution in [2.45, 2.75) is 46.5 Å². The van der Waals surface area contributed by atoms with Crippen LogP contribution in [0.5, 0.6) is 5.75 Å². The molecule has 0 bridgehead atoms. The summed E-state index contributed by atoms with van der Waals surface area (Å²) < 4.78 is 19.5. The van der Waals surface area contributed by atoms with E-state index in [1.807, 2.05) is 6.08 Å². The van der Waals surface area contributed by atoms with Gasteiger partial charge in [0.1, 0.15) is 11.4 Å². The lowest BCUT2D eigenvalue weighted by atomic mass is 10.00. The summed E-state index contributed by atoms with van der Waals surface area (Å²) in [5.41, 5.74) is 0.340. The van der Waals surface area contributed by atoms with Crippen LogP contribution in [0.15, 0.2) is 54.7 Å². The molecule has 0 aliphatic heterocycles. The molecule has 0 saturated heterocycles. The first-order valence-electron chi connectivity index (χ1n) is 9.56. The fourth-order valence-corrected chi connectivity index (χ4v) is 2.54. The van der Waals surface area contributed by atoms with E-state index in [4.69, 9.17) is 4.74 Å². The predicted octanol–water partition coefficient (Wildman–Crippen LogP) is 5.39. The summed E-state index contributed by atoms with van der Waals surface area (Å²) in [7, 11) is 0. The minimum absolute atomic E-state index is 0.0689. The average Bonchev–Trinajstić information content (AvgIpc) is 2.69. The highest BCUT2D eigenvalue weighted by Crippen LogP contribution is 2.18. The molecular weight excluding hydrogens is 343 g/mol. The zero-order chi connectivity index (χ0) is 20.1. The molecule has 1 rings (SSSR count). The highest BCUT2D eigenvalue weighted by atomic mass is 19.1. The Bertz CT molecular complexity index is 647. The van der Waals surface area contributed by atoms with E-state index in [9.17, 15) is 9.18 Å². The van der Waals surface area contributed by atoms with E-state index in [1.54, 1.807) is 18.2 Å². The molecular formula is C22H31FN2O2. The Morgan fingerprint density at radius 3 is 2.63 bits per heavy atom. The van der Waals surface area contributed by atoms with Gasteiger partial charge in [-0.15, -0.1) is 0 Å². The molecule has 0 aromatic carbocycles. The maximum absolute atomic E-state index is 14.0. The van der Waals surface area contributed by atoms with Crippen LogP contribution in [-0.2, 0) is 0 Å². The van der Waals surface area contributed by atoms with Gasteiger partial charge in [-0.1, -0.05) is 39.3 Å². The van der Waals surface area contributed by atoms with E-state index in [1.165, 1.54) is 32.4 Å². The van der Waals surface area contributed by atoms with Crippen molar-refractivity contribution in [3.05, 3.63) is 60.4 Å². The molecule has 0 aliphatic rings. The van der Waals surface area contributed by atoms with Gasteiger partial charge in [-0.2, -0.15) is 0 Å². The van der Waals surface area contributed by atoms with Crippen LogP contribution in [0.2, 0.25) is 0 Å². The number of carbonyl (C=O) groups excluding carboxylic acids is 1. The molecule has 0 amide bonds. The van der Waals surface area contributed by atoms with Crippen molar-refractivity contribution in [3.8, 4) is 5.75 Å². The number of aromatic nitrogens is 1. The number of allylic oxidation sites excluding steroid dienone is 3. The molecule has 148 valence electrons. The minimum atomic E-state index is -0.552. The highest BCUT2D eigenvalue weighted by Gasteiger charge is 2.06. The zero-order valence-corrected chi connectivity index (χ0v) is 16.6. The SMILES string of the molecule is C=C/C(F)=C(\C=C/CCNCCC(CC)CC)Oc1ccc(C(C)=O)nc1. The second-order valence-corrected chi connectivity index (χ2v) is 6.37. The molecule has 0 atom stereocenters. The summed E-state index contributed by atoms with van der Waals surface area (Å²) in [4.78, 5) is 15.2. The van der Waals surface area contributed by atoms with Crippen molar-refractivity contribution in [2.75, 3.05) is 13.1 Å². The molecule has 4 nitrogen and oxygen atoms in total. The van der Waals surface area contributed by atoms with Gasteiger partial charge >= 0.3 is 0 Å². The largest absolute Gasteiger partial charge is 0.453 e. The Labute approximate surface area is 162 Å². The highest BCUT2D eigenvalue weighted by molar-refractivity contribution is 5.92. The number of Topliss-reactive ketones (excluding diaryl/α,β-unsaturated/α-hetero) is 1. The van der Waals surface area contributed by atoms with Gasteiger partial charge in [0.05, 0.1) is 6.20 Å². The minimum Gasteiger partial charge on any atom is -0.453 e. The molecule has 0 unspecified atom stereocenters. The number of hydrogen-bond acceptors (Lipinski definition) is 4. The Morgan fingerprint density at radius 1 is 1.33 bits per heavy atom. The number of nitrogens with zero attached hydrogens (tertiary/aromatic N) is 1. The number of ether oxygens (including phenoxy) is 1. The van der Waals surface area contributed by atoms with Gasteiger partial charge in [-0.05, 0) is 56.1 Å². The maximum atomic E-state index is 14.0. The first kappa shape index (κ1) is 22.8. The molecule has 0 spiro atoms. The van der Waals surface area contributed by atoms with Crippen LogP contribution in [0.4, 0.5) is 4.39 Å². The average molecular weight is 375 g/mol. The molecule has 0 saturated carbocycles. The third-order valence-corrected chi connectivity index (χ3v) is 4.38. The molecule has 1 aromatic rings. The van der Waals surface area contributed by atoms with Gasteiger partial charge in [0.25, 0.3) is 0 Å². The predicted molar refractivity (Wildman–Crippen MR) is 109 cm³/mol. The quantitative estimate of drug-likeness (QED) is 0.218. The van der Waals surface area contributed by atoms with Crippen molar-refractivity contribution in [1.82, 2.24) is 10.3 Å². The first-order valence-corrected chi connectivity index (χ1v) is 9.56. The van der Waals surface area contributed by atoms with Gasteiger partial charge in [-0.3, -0.25) is 4.79 Å². The number of pyridine rings is 1. The lowest BCUT2D eigenvalue weighted by Crippen LogP contribution is -2.18. The second kappa shape index (κ2) is 13.0. The van der Waals surface area contributed by atoms with Crippen molar-refractivity contribution in [1.29, 1.82) is 0 Å². The summed E-state index contributed by atoms with van der Waals surface area (Å²) in [6, 6.07) is 3.14. The molecule has 1 aromatic heterocycles. The second-order valence-electron chi connectivity index (χ2n) is 6.37. The third-order valence-electron chi connectivity index (χ3n) is 4.38. The van der Waals surface area contributed by atoms with Crippen molar-refractivity contribution in [2.24, 2.45) is 5.92 Å². The summed E-state index contributed by atoms with van der Waals surface area (Å²) in [6.45, 7) is 11.2. The van der Waals surface area contributed by atoms with Crippen LogP contribution in [0.1, 0.15) is 56.9 Å². The summed E-state index contributed by atoms with van der Waals surface area (Å²) in [5, 5.41) is 3.40. The third kappa shape index (κ3) is 8.78. The van der Waals surface area contributed by atoms with Crippen LogP contribution in [0.3, 0.4) is 0 Å². The van der Waals surface area contributed by atoms with Crippen LogP contribution >= 0.6 is 0 Å². The molecule has 1 N–H and O–H groups in total. The fraction of sp³-hybridized carbons (Fsp3) is 0.455. The van der Waals surface area contributed by atoms with Crippen LogP contribution in [0, 0.1) is 5.92 Å². The molecule has 0 radical (unpaired) electrons.